The van der Waals surface area contributed by atoms with Crippen LogP contribution in [0.25, 0.3) is 0 Å². The van der Waals surface area contributed by atoms with Crippen molar-refractivity contribution in [2.24, 2.45) is 29.4 Å². The Morgan fingerprint density at radius 1 is 1.35 bits per heavy atom. The fourth-order valence-corrected chi connectivity index (χ4v) is 3.56. The number of nitrogens with two attached hydrogens (primary N) is 1. The van der Waals surface area contributed by atoms with Crippen molar-refractivity contribution in [2.75, 3.05) is 6.54 Å². The molecule has 0 aromatic rings. The lowest BCUT2D eigenvalue weighted by atomic mass is 9.84. The zero-order valence-electron chi connectivity index (χ0n) is 11.1. The Morgan fingerprint density at radius 3 is 2.65 bits per heavy atom. The van der Waals surface area contributed by atoms with E-state index in [0.717, 1.165) is 18.9 Å². The van der Waals surface area contributed by atoms with Crippen molar-refractivity contribution in [3.8, 4) is 0 Å². The molecule has 0 spiro atoms. The number of carbonyl (C=O) groups is 1. The van der Waals surface area contributed by atoms with Gasteiger partial charge < -0.3 is 11.1 Å². The smallest absolute Gasteiger partial charge is 0.224 e. The molecule has 1 amide bonds. The van der Waals surface area contributed by atoms with E-state index in [1.807, 2.05) is 0 Å². The molecule has 98 valence electrons. The Kier molecular flexibility index (Phi) is 4.08. The van der Waals surface area contributed by atoms with Crippen LogP contribution in [-0.4, -0.2) is 18.5 Å². The minimum Gasteiger partial charge on any atom is -0.356 e. The van der Waals surface area contributed by atoms with Crippen molar-refractivity contribution in [1.82, 2.24) is 5.32 Å². The summed E-state index contributed by atoms with van der Waals surface area (Å²) in [5, 5.41) is 3.08. The van der Waals surface area contributed by atoms with Crippen LogP contribution in [0.15, 0.2) is 0 Å². The fourth-order valence-electron chi connectivity index (χ4n) is 3.56. The third-order valence-corrected chi connectivity index (χ3v) is 4.54. The summed E-state index contributed by atoms with van der Waals surface area (Å²) in [6.07, 6.45) is 5.90. The maximum Gasteiger partial charge on any atom is 0.224 e. The summed E-state index contributed by atoms with van der Waals surface area (Å²) in [7, 11) is 0. The Balaban J connectivity index is 1.73. The Labute approximate surface area is 105 Å². The monoisotopic (exact) mass is 238 g/mol. The van der Waals surface area contributed by atoms with E-state index in [0.29, 0.717) is 11.8 Å². The average molecular weight is 238 g/mol. The zero-order valence-corrected chi connectivity index (χ0v) is 11.1. The summed E-state index contributed by atoms with van der Waals surface area (Å²) in [6.45, 7) is 5.25. The minimum absolute atomic E-state index is 0.104. The molecular formula is C14H26N2O. The topological polar surface area (TPSA) is 55.1 Å². The van der Waals surface area contributed by atoms with E-state index in [9.17, 15) is 4.79 Å². The molecule has 0 radical (unpaired) electrons. The molecule has 4 atom stereocenters. The van der Waals surface area contributed by atoms with Crippen molar-refractivity contribution in [3.05, 3.63) is 0 Å². The molecule has 17 heavy (non-hydrogen) atoms. The van der Waals surface area contributed by atoms with Crippen LogP contribution < -0.4 is 11.1 Å². The van der Waals surface area contributed by atoms with Gasteiger partial charge in [0.1, 0.15) is 0 Å². The highest BCUT2D eigenvalue weighted by molar-refractivity contribution is 5.80. The lowest BCUT2D eigenvalue weighted by molar-refractivity contribution is -0.127. The van der Waals surface area contributed by atoms with E-state index in [-0.39, 0.29) is 17.9 Å². The average Bonchev–Trinajstić information content (AvgIpc) is 2.84. The van der Waals surface area contributed by atoms with Gasteiger partial charge in [-0.15, -0.1) is 0 Å². The third-order valence-electron chi connectivity index (χ3n) is 4.54. The van der Waals surface area contributed by atoms with Gasteiger partial charge in [0.25, 0.3) is 0 Å². The van der Waals surface area contributed by atoms with E-state index < -0.39 is 0 Å². The van der Waals surface area contributed by atoms with Gasteiger partial charge in [0.15, 0.2) is 0 Å². The standard InChI is InChI=1S/C14H26N2O/c1-9(2)4-3-7-16-14(17)12-10-5-6-11(8-10)13(12)15/h9-13H,3-8,15H2,1-2H3,(H,16,17). The maximum absolute atomic E-state index is 12.1. The third kappa shape index (κ3) is 2.82. The molecule has 4 unspecified atom stereocenters. The summed E-state index contributed by atoms with van der Waals surface area (Å²) in [5.41, 5.74) is 6.16. The highest BCUT2D eigenvalue weighted by Crippen LogP contribution is 2.47. The van der Waals surface area contributed by atoms with Crippen molar-refractivity contribution in [1.29, 1.82) is 0 Å². The highest BCUT2D eigenvalue weighted by atomic mass is 16.1. The van der Waals surface area contributed by atoms with E-state index in [4.69, 9.17) is 5.73 Å². The van der Waals surface area contributed by atoms with E-state index in [1.54, 1.807) is 0 Å². The van der Waals surface area contributed by atoms with Crippen LogP contribution in [0.3, 0.4) is 0 Å². The second-order valence-electron chi connectivity index (χ2n) is 6.26. The zero-order chi connectivity index (χ0) is 12.4. The van der Waals surface area contributed by atoms with Crippen molar-refractivity contribution < 1.29 is 4.79 Å². The molecule has 0 aromatic heterocycles. The van der Waals surface area contributed by atoms with Gasteiger partial charge in [-0.1, -0.05) is 13.8 Å². The van der Waals surface area contributed by atoms with E-state index in [2.05, 4.69) is 19.2 Å². The first-order chi connectivity index (χ1) is 8.09. The van der Waals surface area contributed by atoms with Crippen LogP contribution in [0, 0.1) is 23.7 Å². The first-order valence-electron chi connectivity index (χ1n) is 7.13. The van der Waals surface area contributed by atoms with Gasteiger partial charge >= 0.3 is 0 Å². The van der Waals surface area contributed by atoms with Crippen LogP contribution in [0.4, 0.5) is 0 Å². The molecule has 0 aromatic carbocycles. The molecule has 0 aliphatic heterocycles. The second-order valence-corrected chi connectivity index (χ2v) is 6.26. The summed E-state index contributed by atoms with van der Waals surface area (Å²) in [5.74, 6) is 2.23. The lowest BCUT2D eigenvalue weighted by Crippen LogP contribution is -2.45. The van der Waals surface area contributed by atoms with Crippen LogP contribution in [-0.2, 0) is 4.79 Å². The maximum atomic E-state index is 12.1. The predicted octanol–water partition coefficient (Wildman–Crippen LogP) is 1.91. The van der Waals surface area contributed by atoms with Gasteiger partial charge in [0.05, 0.1) is 5.92 Å². The molecule has 2 saturated carbocycles. The molecule has 3 heteroatoms. The summed E-state index contributed by atoms with van der Waals surface area (Å²) < 4.78 is 0. The van der Waals surface area contributed by atoms with Gasteiger partial charge in [-0.05, 0) is 49.9 Å². The molecule has 2 bridgehead atoms. The number of rotatable bonds is 5. The molecule has 2 aliphatic carbocycles. The van der Waals surface area contributed by atoms with Gasteiger partial charge in [-0.2, -0.15) is 0 Å². The van der Waals surface area contributed by atoms with E-state index in [1.165, 1.54) is 25.7 Å². The SMILES string of the molecule is CC(C)CCCNC(=O)C1C2CCC(C2)C1N. The number of amides is 1. The first-order valence-corrected chi connectivity index (χ1v) is 7.13. The number of fused-ring (bicyclic) bond motifs is 2. The molecule has 2 fully saturated rings. The molecule has 0 heterocycles. The van der Waals surface area contributed by atoms with Crippen LogP contribution in [0.1, 0.15) is 46.0 Å². The second kappa shape index (κ2) is 5.38. The summed E-state index contributed by atoms with van der Waals surface area (Å²) in [4.78, 5) is 12.1. The summed E-state index contributed by atoms with van der Waals surface area (Å²) in [6, 6.07) is 0.124. The van der Waals surface area contributed by atoms with Crippen LogP contribution in [0.2, 0.25) is 0 Å². The fraction of sp³-hybridized carbons (Fsp3) is 0.929. The minimum atomic E-state index is 0.104. The number of nitrogens with one attached hydrogen (secondary N) is 1. The van der Waals surface area contributed by atoms with Crippen molar-refractivity contribution in [3.63, 3.8) is 0 Å². The molecule has 3 nitrogen and oxygen atoms in total. The van der Waals surface area contributed by atoms with Crippen LogP contribution >= 0.6 is 0 Å². The first kappa shape index (κ1) is 12.9. The van der Waals surface area contributed by atoms with Gasteiger partial charge in [0, 0.05) is 12.6 Å². The predicted molar refractivity (Wildman–Crippen MR) is 69.4 cm³/mol. The van der Waals surface area contributed by atoms with Gasteiger partial charge in [-0.3, -0.25) is 4.79 Å². The van der Waals surface area contributed by atoms with Gasteiger partial charge in [-0.25, -0.2) is 0 Å². The van der Waals surface area contributed by atoms with Gasteiger partial charge in [0.2, 0.25) is 5.91 Å². The lowest BCUT2D eigenvalue weighted by Gasteiger charge is -2.27. The highest BCUT2D eigenvalue weighted by Gasteiger charge is 2.48. The molecule has 2 rings (SSSR count). The molecule has 0 saturated heterocycles. The number of carbonyl (C=O) groups excluding carboxylic acids is 1. The van der Waals surface area contributed by atoms with Crippen LogP contribution in [0.5, 0.6) is 0 Å². The quantitative estimate of drug-likeness (QED) is 0.719. The molecule has 3 N–H and O–H groups in total. The van der Waals surface area contributed by atoms with Crippen molar-refractivity contribution in [2.45, 2.75) is 52.0 Å². The number of hydrogen-bond donors (Lipinski definition) is 2. The Bertz CT molecular complexity index is 275. The molecular weight excluding hydrogens is 212 g/mol. The van der Waals surface area contributed by atoms with E-state index >= 15 is 0 Å². The normalized spacial score (nSPS) is 35.5. The number of hydrogen-bond acceptors (Lipinski definition) is 2. The summed E-state index contributed by atoms with van der Waals surface area (Å²) >= 11 is 0. The Hall–Kier alpha value is -0.570. The largest absolute Gasteiger partial charge is 0.356 e. The molecule has 2 aliphatic rings. The van der Waals surface area contributed by atoms with Crippen molar-refractivity contribution >= 4 is 5.91 Å². The Morgan fingerprint density at radius 2 is 2.06 bits per heavy atom.